The van der Waals surface area contributed by atoms with Crippen LogP contribution in [0, 0.1) is 0 Å². The Morgan fingerprint density at radius 2 is 2.29 bits per heavy atom. The van der Waals surface area contributed by atoms with Gasteiger partial charge in [-0.05, 0) is 12.5 Å². The number of aliphatic hydroxyl groups is 1. The molecule has 1 aromatic rings. The van der Waals surface area contributed by atoms with Crippen LogP contribution < -0.4 is 10.2 Å². The van der Waals surface area contributed by atoms with Crippen LogP contribution in [0.3, 0.4) is 0 Å². The van der Waals surface area contributed by atoms with Crippen LogP contribution in [0.5, 0.6) is 0 Å². The first kappa shape index (κ1) is 11.9. The summed E-state index contributed by atoms with van der Waals surface area (Å²) < 4.78 is 0. The van der Waals surface area contributed by atoms with E-state index >= 15 is 0 Å². The van der Waals surface area contributed by atoms with Crippen LogP contribution in [0.15, 0.2) is 24.3 Å². The number of hydrogen-bond acceptors (Lipinski definition) is 3. The third kappa shape index (κ3) is 2.77. The van der Waals surface area contributed by atoms with Crippen LogP contribution in [0.4, 0.5) is 5.69 Å². The summed E-state index contributed by atoms with van der Waals surface area (Å²) >= 11 is 0. The summed E-state index contributed by atoms with van der Waals surface area (Å²) in [5.74, 6) is 0.0206. The predicted molar refractivity (Wildman–Crippen MR) is 66.8 cm³/mol. The predicted octanol–water partition coefficient (Wildman–Crippen LogP) is 0.894. The maximum Gasteiger partial charge on any atom is 0.217 e. The largest absolute Gasteiger partial charge is 0.392 e. The second-order valence-electron chi connectivity index (χ2n) is 4.42. The molecule has 1 amide bonds. The summed E-state index contributed by atoms with van der Waals surface area (Å²) in [4.78, 5) is 13.2. The molecule has 1 atom stereocenters. The summed E-state index contributed by atoms with van der Waals surface area (Å²) in [7, 11) is 0. The van der Waals surface area contributed by atoms with Gasteiger partial charge >= 0.3 is 0 Å². The minimum atomic E-state index is 0.0206. The normalized spacial score (nSPS) is 19.4. The van der Waals surface area contributed by atoms with E-state index in [1.807, 2.05) is 24.3 Å². The number of aliphatic hydroxyl groups excluding tert-OH is 1. The number of anilines is 1. The number of para-hydroxylation sites is 1. The fourth-order valence-corrected chi connectivity index (χ4v) is 2.34. The van der Waals surface area contributed by atoms with E-state index in [1.165, 1.54) is 0 Å². The summed E-state index contributed by atoms with van der Waals surface area (Å²) in [6, 6.07) is 8.07. The molecule has 1 saturated heterocycles. The van der Waals surface area contributed by atoms with Gasteiger partial charge in [-0.25, -0.2) is 0 Å². The third-order valence-corrected chi connectivity index (χ3v) is 3.10. The van der Waals surface area contributed by atoms with E-state index in [1.54, 1.807) is 6.92 Å². The number of nitrogens with zero attached hydrogens (tertiary/aromatic N) is 1. The zero-order chi connectivity index (χ0) is 12.3. The van der Waals surface area contributed by atoms with Crippen molar-refractivity contribution in [1.82, 2.24) is 5.32 Å². The molecule has 1 fully saturated rings. The molecular weight excluding hydrogens is 216 g/mol. The summed E-state index contributed by atoms with van der Waals surface area (Å²) in [5.41, 5.74) is 2.01. The minimum absolute atomic E-state index is 0.0206. The average Bonchev–Trinajstić information content (AvgIpc) is 2.76. The molecule has 2 rings (SSSR count). The van der Waals surface area contributed by atoms with Gasteiger partial charge in [0.05, 0.1) is 6.61 Å². The van der Waals surface area contributed by atoms with E-state index in [0.717, 1.165) is 30.8 Å². The van der Waals surface area contributed by atoms with Crippen molar-refractivity contribution in [2.24, 2.45) is 0 Å². The van der Waals surface area contributed by atoms with E-state index in [9.17, 15) is 9.90 Å². The van der Waals surface area contributed by atoms with Gasteiger partial charge in [-0.3, -0.25) is 4.79 Å². The molecule has 92 valence electrons. The molecular formula is C13H18N2O2. The molecule has 1 aromatic carbocycles. The standard InChI is InChI=1S/C13H18N2O2/c1-10(17)14-12-6-7-15(8-12)13-5-3-2-4-11(13)9-16/h2-5,12,16H,6-9H2,1H3,(H,14,17). The van der Waals surface area contributed by atoms with Gasteiger partial charge in [0.1, 0.15) is 0 Å². The zero-order valence-electron chi connectivity index (χ0n) is 10.0. The zero-order valence-corrected chi connectivity index (χ0v) is 10.0. The first-order chi connectivity index (χ1) is 8.20. The van der Waals surface area contributed by atoms with Crippen molar-refractivity contribution in [3.63, 3.8) is 0 Å². The summed E-state index contributed by atoms with van der Waals surface area (Å²) in [6.45, 7) is 3.33. The lowest BCUT2D eigenvalue weighted by Gasteiger charge is -2.21. The Labute approximate surface area is 101 Å². The Balaban J connectivity index is 2.07. The van der Waals surface area contributed by atoms with E-state index in [-0.39, 0.29) is 18.6 Å². The highest BCUT2D eigenvalue weighted by molar-refractivity contribution is 5.73. The van der Waals surface area contributed by atoms with E-state index in [4.69, 9.17) is 0 Å². The van der Waals surface area contributed by atoms with Crippen LogP contribution in [-0.2, 0) is 11.4 Å². The Hall–Kier alpha value is -1.55. The van der Waals surface area contributed by atoms with Crippen molar-refractivity contribution >= 4 is 11.6 Å². The van der Waals surface area contributed by atoms with Gasteiger partial charge in [0.15, 0.2) is 0 Å². The van der Waals surface area contributed by atoms with Crippen LogP contribution >= 0.6 is 0 Å². The fraction of sp³-hybridized carbons (Fsp3) is 0.462. The number of hydrogen-bond donors (Lipinski definition) is 2. The van der Waals surface area contributed by atoms with Crippen molar-refractivity contribution in [1.29, 1.82) is 0 Å². The molecule has 0 saturated carbocycles. The smallest absolute Gasteiger partial charge is 0.217 e. The van der Waals surface area contributed by atoms with E-state index in [2.05, 4.69) is 10.2 Å². The van der Waals surface area contributed by atoms with Crippen molar-refractivity contribution in [2.75, 3.05) is 18.0 Å². The summed E-state index contributed by atoms with van der Waals surface area (Å²) in [5, 5.41) is 12.2. The maximum atomic E-state index is 11.0. The SMILES string of the molecule is CC(=O)NC1CCN(c2ccccc2CO)C1. The van der Waals surface area contributed by atoms with Gasteiger partial charge in [0.2, 0.25) is 5.91 Å². The lowest BCUT2D eigenvalue weighted by molar-refractivity contribution is -0.119. The van der Waals surface area contributed by atoms with E-state index in [0.29, 0.717) is 0 Å². The Kier molecular flexibility index (Phi) is 3.64. The minimum Gasteiger partial charge on any atom is -0.392 e. The van der Waals surface area contributed by atoms with E-state index < -0.39 is 0 Å². The number of amides is 1. The highest BCUT2D eigenvalue weighted by Gasteiger charge is 2.24. The van der Waals surface area contributed by atoms with Crippen LogP contribution in [0.2, 0.25) is 0 Å². The maximum absolute atomic E-state index is 11.0. The first-order valence-electron chi connectivity index (χ1n) is 5.91. The lowest BCUT2D eigenvalue weighted by atomic mass is 10.2. The summed E-state index contributed by atoms with van der Waals surface area (Å²) in [6.07, 6.45) is 0.958. The van der Waals surface area contributed by atoms with Gasteiger partial charge in [0, 0.05) is 37.3 Å². The number of nitrogens with one attached hydrogen (secondary N) is 1. The van der Waals surface area contributed by atoms with Gasteiger partial charge < -0.3 is 15.3 Å². The number of rotatable bonds is 3. The number of benzene rings is 1. The van der Waals surface area contributed by atoms with Gasteiger partial charge in [0.25, 0.3) is 0 Å². The Morgan fingerprint density at radius 1 is 1.53 bits per heavy atom. The van der Waals surface area contributed by atoms with Crippen molar-refractivity contribution in [3.05, 3.63) is 29.8 Å². The van der Waals surface area contributed by atoms with Crippen LogP contribution in [0.25, 0.3) is 0 Å². The fourth-order valence-electron chi connectivity index (χ4n) is 2.34. The quantitative estimate of drug-likeness (QED) is 0.817. The molecule has 1 unspecified atom stereocenters. The molecule has 1 aliphatic heterocycles. The number of carbonyl (C=O) groups is 1. The highest BCUT2D eigenvalue weighted by atomic mass is 16.3. The molecule has 4 nitrogen and oxygen atoms in total. The Morgan fingerprint density at radius 3 is 3.00 bits per heavy atom. The monoisotopic (exact) mass is 234 g/mol. The highest BCUT2D eigenvalue weighted by Crippen LogP contribution is 2.24. The molecule has 1 aliphatic rings. The topological polar surface area (TPSA) is 52.6 Å². The van der Waals surface area contributed by atoms with Gasteiger partial charge in [-0.1, -0.05) is 18.2 Å². The molecule has 2 N–H and O–H groups in total. The molecule has 1 heterocycles. The third-order valence-electron chi connectivity index (χ3n) is 3.10. The molecule has 0 aromatic heterocycles. The van der Waals surface area contributed by atoms with Crippen molar-refractivity contribution in [2.45, 2.75) is 26.0 Å². The van der Waals surface area contributed by atoms with Gasteiger partial charge in [-0.15, -0.1) is 0 Å². The lowest BCUT2D eigenvalue weighted by Crippen LogP contribution is -2.35. The molecule has 0 aliphatic carbocycles. The van der Waals surface area contributed by atoms with Crippen LogP contribution in [-0.4, -0.2) is 30.1 Å². The van der Waals surface area contributed by atoms with Crippen molar-refractivity contribution in [3.8, 4) is 0 Å². The second kappa shape index (κ2) is 5.19. The first-order valence-corrected chi connectivity index (χ1v) is 5.91. The number of carbonyl (C=O) groups excluding carboxylic acids is 1. The Bertz CT molecular complexity index is 406. The van der Waals surface area contributed by atoms with Crippen molar-refractivity contribution < 1.29 is 9.90 Å². The molecule has 0 radical (unpaired) electrons. The second-order valence-corrected chi connectivity index (χ2v) is 4.42. The van der Waals surface area contributed by atoms with Crippen LogP contribution in [0.1, 0.15) is 18.9 Å². The molecule has 0 bridgehead atoms. The molecule has 0 spiro atoms. The average molecular weight is 234 g/mol. The molecule has 4 heteroatoms. The van der Waals surface area contributed by atoms with Gasteiger partial charge in [-0.2, -0.15) is 0 Å². The molecule has 17 heavy (non-hydrogen) atoms.